The fourth-order valence-electron chi connectivity index (χ4n) is 7.62. The summed E-state index contributed by atoms with van der Waals surface area (Å²) < 4.78 is 562. The first-order valence-corrected chi connectivity index (χ1v) is 26.1. The highest BCUT2D eigenvalue weighted by Crippen LogP contribution is 2.65. The Morgan fingerprint density at radius 2 is 0.758 bits per heavy atom. The molecule has 0 fully saturated rings. The quantitative estimate of drug-likeness (QED) is 0.0561. The third-order valence-electron chi connectivity index (χ3n) is 13.2. The molecule has 1 heterocycles. The van der Waals surface area contributed by atoms with Gasteiger partial charge < -0.3 is 14.5 Å². The van der Waals surface area contributed by atoms with Gasteiger partial charge in [-0.25, -0.2) is 4.79 Å². The molecule has 522 valence electrons. The number of nitrogens with one attached hydrogen (secondary N) is 2. The Balaban J connectivity index is 2.42. The second-order valence-corrected chi connectivity index (χ2v) is 24.2. The molecule has 3 rings (SSSR count). The van der Waals surface area contributed by atoms with Crippen molar-refractivity contribution in [1.29, 1.82) is 0 Å². The number of amides is 2. The second-order valence-electron chi connectivity index (χ2n) is 19.1. The third kappa shape index (κ3) is 13.7. The summed E-state index contributed by atoms with van der Waals surface area (Å²) in [6.45, 7) is -1.84. The fourth-order valence-corrected chi connectivity index (χ4v) is 12.7. The van der Waals surface area contributed by atoms with E-state index in [9.17, 15) is 128 Å². The van der Waals surface area contributed by atoms with E-state index in [1.807, 2.05) is 5.32 Å². The summed E-state index contributed by atoms with van der Waals surface area (Å²) in [7, 11) is -7.32. The Morgan fingerprint density at radius 1 is 0.429 bits per heavy atom. The monoisotopic (exact) mass is 1450 g/mol. The number of halogens is 40. The van der Waals surface area contributed by atoms with Gasteiger partial charge in [0.2, 0.25) is 0 Å². The van der Waals surface area contributed by atoms with Crippen LogP contribution >= 0.6 is 11.6 Å². The van der Waals surface area contributed by atoms with Gasteiger partial charge in [0, 0.05) is 24.3 Å². The van der Waals surface area contributed by atoms with Gasteiger partial charge in [0.25, 0.3) is 5.91 Å². The molecule has 1 aromatic heterocycles. The minimum atomic E-state index is -8.98. The van der Waals surface area contributed by atoms with E-state index in [1.165, 1.54) is 12.1 Å². The van der Waals surface area contributed by atoms with Gasteiger partial charge in [0.05, 0.1) is 32.1 Å². The summed E-state index contributed by atoms with van der Waals surface area (Å²) in [5.41, 5.74) is -2.03. The van der Waals surface area contributed by atoms with E-state index in [0.29, 0.717) is 0 Å². The maximum Gasteiger partial charge on any atom is 0.460 e. The van der Waals surface area contributed by atoms with Crippen molar-refractivity contribution in [3.05, 3.63) is 82.8 Å². The van der Waals surface area contributed by atoms with Gasteiger partial charge >= 0.3 is 113 Å². The zero-order valence-corrected chi connectivity index (χ0v) is 44.4. The topological polar surface area (TPSA) is 80.6 Å². The molecule has 91 heavy (non-hydrogen) atoms. The average Bonchev–Trinajstić information content (AvgIpc) is 0.773. The Morgan fingerprint density at radius 3 is 1.07 bits per heavy atom. The molecule has 0 atom stereocenters. The Hall–Kier alpha value is -5.76. The molecule has 0 aliphatic carbocycles. The van der Waals surface area contributed by atoms with Crippen LogP contribution < -0.4 is 15.8 Å². The van der Waals surface area contributed by atoms with Crippen molar-refractivity contribution in [1.82, 2.24) is 5.32 Å². The molecule has 0 unspecified atom stereocenters. The number of hydrogen-bond donors (Lipinski definition) is 2. The zero-order valence-electron chi connectivity index (χ0n) is 42.7. The number of ether oxygens (including phenoxy) is 1. The largest absolute Gasteiger partial charge is 0.467 e. The second kappa shape index (κ2) is 24.5. The molecule has 0 bridgehead atoms. The van der Waals surface area contributed by atoms with Gasteiger partial charge in [-0.1, -0.05) is 41.1 Å². The lowest BCUT2D eigenvalue weighted by atomic mass is 9.93. The number of carbonyl (C=O) groups is 2. The number of hydrogen-bond acceptors (Lipinski definition) is 4. The van der Waals surface area contributed by atoms with Crippen LogP contribution in [-0.4, -0.2) is 127 Å². The average molecular weight is 1450 g/mol. The van der Waals surface area contributed by atoms with Crippen LogP contribution in [0.1, 0.15) is 40.9 Å². The lowest BCUT2D eigenvalue weighted by Crippen LogP contribution is -2.70. The van der Waals surface area contributed by atoms with Crippen LogP contribution in [0.3, 0.4) is 0 Å². The van der Waals surface area contributed by atoms with Crippen molar-refractivity contribution in [2.24, 2.45) is 0 Å². The van der Waals surface area contributed by atoms with E-state index in [0.717, 1.165) is 24.5 Å². The summed E-state index contributed by atoms with van der Waals surface area (Å²) in [5, 5.41) is 1.77. The Labute approximate surface area is 483 Å². The van der Waals surface area contributed by atoms with Gasteiger partial charge in [0.15, 0.2) is 0 Å². The van der Waals surface area contributed by atoms with Crippen LogP contribution in [0.15, 0.2) is 65.3 Å². The first-order valence-electron chi connectivity index (χ1n) is 23.1. The lowest BCUT2D eigenvalue weighted by molar-refractivity contribution is -0.440. The predicted molar refractivity (Wildman–Crippen MR) is 228 cm³/mol. The normalized spacial score (nSPS) is 15.3. The van der Waals surface area contributed by atoms with E-state index in [4.69, 9.17) is 20.8 Å². The predicted octanol–water partition coefficient (Wildman–Crippen LogP) is 18.7. The minimum absolute atomic E-state index is 0.000722. The molecular weight excluding hydrogens is 1420 g/mol. The Bertz CT molecular complexity index is 2820. The molecule has 0 saturated carbocycles. The summed E-state index contributed by atoms with van der Waals surface area (Å²) >= 11 is 5.85. The molecular formula is C44H28ClF39N2O4Si. The molecule has 0 spiro atoms. The minimum Gasteiger partial charge on any atom is -0.467 e. The van der Waals surface area contributed by atoms with Gasteiger partial charge in [-0.3, -0.25) is 10.1 Å². The third-order valence-corrected chi connectivity index (χ3v) is 18.6. The molecule has 2 aromatic carbocycles. The van der Waals surface area contributed by atoms with Gasteiger partial charge in [-0.2, -0.15) is 171 Å². The number of furan rings is 1. The highest BCUT2D eigenvalue weighted by Gasteiger charge is 2.93. The summed E-state index contributed by atoms with van der Waals surface area (Å²) in [6, 6.07) is -5.50. The van der Waals surface area contributed by atoms with Crippen LogP contribution in [0.25, 0.3) is 0 Å². The van der Waals surface area contributed by atoms with E-state index in [-0.39, 0.29) is 41.6 Å². The maximum absolute atomic E-state index is 15.5. The zero-order chi connectivity index (χ0) is 71.7. The van der Waals surface area contributed by atoms with Gasteiger partial charge in [-0.15, -0.1) is 0 Å². The first-order chi connectivity index (χ1) is 40.1. The summed E-state index contributed by atoms with van der Waals surface area (Å²) in [5.74, 6) is -130. The Kier molecular flexibility index (Phi) is 21.4. The van der Waals surface area contributed by atoms with Gasteiger partial charge in [0.1, 0.15) is 12.4 Å². The number of alkyl halides is 39. The van der Waals surface area contributed by atoms with E-state index in [1.54, 1.807) is 0 Å². The van der Waals surface area contributed by atoms with Crippen LogP contribution in [-0.2, 0) is 17.9 Å². The number of anilines is 1. The summed E-state index contributed by atoms with van der Waals surface area (Å²) in [6.07, 6.45) is -37.8. The molecule has 3 aromatic rings. The molecule has 0 aliphatic heterocycles. The highest BCUT2D eigenvalue weighted by molar-refractivity contribution is 6.92. The molecule has 2 N–H and O–H groups in total. The molecule has 6 nitrogen and oxygen atoms in total. The van der Waals surface area contributed by atoms with Crippen molar-refractivity contribution in [2.75, 3.05) is 5.32 Å². The van der Waals surface area contributed by atoms with Crippen molar-refractivity contribution in [3.8, 4) is 0 Å². The van der Waals surface area contributed by atoms with Crippen molar-refractivity contribution in [2.45, 2.75) is 158 Å². The van der Waals surface area contributed by atoms with Crippen LogP contribution in [0.4, 0.5) is 182 Å². The van der Waals surface area contributed by atoms with E-state index >= 15 is 52.7 Å². The fraction of sp³-hybridized carbons (Fsp3) is 0.591. The van der Waals surface area contributed by atoms with E-state index < -0.39 is 193 Å². The van der Waals surface area contributed by atoms with Crippen molar-refractivity contribution in [3.63, 3.8) is 0 Å². The molecule has 2 amide bonds. The number of benzene rings is 2. The van der Waals surface area contributed by atoms with Crippen LogP contribution in [0.5, 0.6) is 0 Å². The van der Waals surface area contributed by atoms with Crippen molar-refractivity contribution >= 4 is 42.5 Å². The lowest BCUT2D eigenvalue weighted by Gasteiger charge is -2.43. The summed E-state index contributed by atoms with van der Waals surface area (Å²) in [4.78, 5) is 25.7. The number of rotatable bonds is 28. The number of carbonyl (C=O) groups excluding carboxylic acids is 2. The SMILES string of the molecule is O=C(Nc1cc(Cl)ccc1C(=O)NCc1ccco1)OCc1ccc([Si](CCC(F)(F)C(F)(F)C(F)(F)C(F)(F)C(F)(F)C(F)(F)F)(CCC(F)(F)C(F)(F)C(F)(F)C(F)(F)C(F)(F)C(F)(F)F)CCC(F)(F)C(F)(F)C(F)(F)C(F)(F)C(F)(F)C(F)(F)F)cc1. The smallest absolute Gasteiger partial charge is 0.460 e. The first kappa shape index (κ1) is 79.5. The molecule has 0 aliphatic rings. The van der Waals surface area contributed by atoms with E-state index in [2.05, 4.69) is 5.32 Å². The molecule has 0 saturated heterocycles. The van der Waals surface area contributed by atoms with Crippen molar-refractivity contribution < 1.29 is 190 Å². The molecule has 47 heteroatoms. The van der Waals surface area contributed by atoms with Gasteiger partial charge in [-0.05, 0) is 54.0 Å². The highest BCUT2D eigenvalue weighted by atomic mass is 35.5. The van der Waals surface area contributed by atoms with Crippen LogP contribution in [0, 0.1) is 0 Å². The maximum atomic E-state index is 15.5. The molecule has 0 radical (unpaired) electrons. The standard InChI is InChI=1S/C44H28ClF39N2O4Si/c45-20-5-8-23(25(87)85-17-21-2-1-12-89-21)24(16-20)86-26(88)90-18-19-3-6-22(7-4-19)91(13-9-27(46,47)30(52,53)33(58,59)36(64,65)39(70,71)42(76,77)78,14-10-28(48,49)31(54,55)34(60,61)37(66,67)40(72,73)43(79,80)81)15-11-29(50,51)32(56,57)35(62,63)38(68,69)41(74,75)44(82,83)84/h1-8,12,16H,9-11,13-15,17-18H2,(H,85,87)(H,86,88). The van der Waals surface area contributed by atoms with Crippen LogP contribution in [0.2, 0.25) is 23.2 Å².